The maximum atomic E-state index is 11.7. The lowest BCUT2D eigenvalue weighted by Crippen LogP contribution is -2.46. The average molecular weight is 440 g/mol. The van der Waals surface area contributed by atoms with E-state index in [9.17, 15) is 4.79 Å². The topological polar surface area (TPSA) is 17.1 Å². The summed E-state index contributed by atoms with van der Waals surface area (Å²) in [6, 6.07) is 0. The fraction of sp³-hybridized carbons (Fsp3) is 0.625. The molecule has 0 aromatic rings. The quantitative estimate of drug-likeness (QED) is 0.568. The second kappa shape index (κ2) is 4.45. The van der Waals surface area contributed by atoms with Crippen LogP contribution in [-0.4, -0.2) is 19.2 Å². The van der Waals surface area contributed by atoms with Crippen molar-refractivity contribution in [1.29, 1.82) is 0 Å². The van der Waals surface area contributed by atoms with Crippen LogP contribution in [0.5, 0.6) is 0 Å². The molecule has 0 spiro atoms. The van der Waals surface area contributed by atoms with Crippen LogP contribution in [0.3, 0.4) is 0 Å². The number of hydrogen-bond donors (Lipinski definition) is 0. The van der Waals surface area contributed by atoms with Gasteiger partial charge in [-0.1, -0.05) is 69.8 Å². The van der Waals surface area contributed by atoms with Crippen LogP contribution >= 0.6 is 63.7 Å². The van der Waals surface area contributed by atoms with Crippen molar-refractivity contribution in [3.05, 3.63) is 12.2 Å². The van der Waals surface area contributed by atoms with Crippen LogP contribution in [0.4, 0.5) is 0 Å². The number of allylic oxidation sites excluding steroid dienone is 2. The van der Waals surface area contributed by atoms with Crippen LogP contribution in [0.15, 0.2) is 12.2 Å². The first-order valence-corrected chi connectivity index (χ1v) is 7.36. The van der Waals surface area contributed by atoms with Crippen molar-refractivity contribution < 1.29 is 4.79 Å². The Bertz CT molecular complexity index is 251. The van der Waals surface area contributed by atoms with Gasteiger partial charge in [-0.05, 0) is 13.0 Å². The van der Waals surface area contributed by atoms with Gasteiger partial charge >= 0.3 is 0 Å². The zero-order valence-corrected chi connectivity index (χ0v) is 13.2. The van der Waals surface area contributed by atoms with Crippen molar-refractivity contribution in [2.45, 2.75) is 20.3 Å². The van der Waals surface area contributed by atoms with E-state index in [1.54, 1.807) is 6.08 Å². The van der Waals surface area contributed by atoms with E-state index >= 15 is 0 Å². The summed E-state index contributed by atoms with van der Waals surface area (Å²) in [5, 5.41) is 0. The predicted octanol–water partition coefficient (Wildman–Crippen LogP) is 3.77. The Morgan fingerprint density at radius 1 is 1.46 bits per heavy atom. The molecule has 0 heterocycles. The van der Waals surface area contributed by atoms with E-state index in [1.807, 2.05) is 13.0 Å². The zero-order chi connectivity index (χ0) is 10.2. The molecule has 0 aromatic carbocycles. The number of hydrogen-bond acceptors (Lipinski definition) is 1. The van der Waals surface area contributed by atoms with E-state index in [0.29, 0.717) is 0 Å². The Morgan fingerprint density at radius 2 is 2.00 bits per heavy atom. The van der Waals surface area contributed by atoms with Crippen molar-refractivity contribution >= 4 is 69.5 Å². The highest BCUT2D eigenvalue weighted by Crippen LogP contribution is 2.45. The van der Waals surface area contributed by atoms with E-state index in [2.05, 4.69) is 63.7 Å². The molecule has 1 rings (SSSR count). The molecule has 1 aliphatic carbocycles. The Labute approximate surface area is 111 Å². The van der Waals surface area contributed by atoms with Crippen LogP contribution in [0, 0.1) is 5.41 Å². The number of ketones is 1. The highest BCUT2D eigenvalue weighted by atomic mass is 79.9. The smallest absolute Gasteiger partial charge is 0.164 e. The molecule has 0 aromatic heterocycles. The summed E-state index contributed by atoms with van der Waals surface area (Å²) in [6.45, 7) is 1.93. The van der Waals surface area contributed by atoms with Gasteiger partial charge in [0.2, 0.25) is 0 Å². The third kappa shape index (κ3) is 2.13. The summed E-state index contributed by atoms with van der Waals surface area (Å²) in [5.74, 6) is 0.129. The molecule has 0 N–H and O–H groups in total. The average Bonchev–Trinajstić information content (AvgIpc) is 2.08. The second-order valence-corrected chi connectivity index (χ2v) is 8.26. The molecule has 0 saturated heterocycles. The van der Waals surface area contributed by atoms with E-state index in [-0.39, 0.29) is 19.2 Å². The van der Waals surface area contributed by atoms with Gasteiger partial charge in [-0.2, -0.15) is 0 Å². The highest BCUT2D eigenvalue weighted by molar-refractivity contribution is 9.24. The first-order valence-electron chi connectivity index (χ1n) is 3.69. The van der Waals surface area contributed by atoms with Crippen molar-refractivity contribution in [2.24, 2.45) is 5.41 Å². The van der Waals surface area contributed by atoms with Gasteiger partial charge in [0.15, 0.2) is 5.78 Å². The first-order chi connectivity index (χ1) is 5.90. The molecule has 74 valence electrons. The van der Waals surface area contributed by atoms with E-state index in [0.717, 1.165) is 0 Å². The van der Waals surface area contributed by atoms with Gasteiger partial charge in [0, 0.05) is 9.65 Å². The normalized spacial score (nSPS) is 40.0. The highest BCUT2D eigenvalue weighted by Gasteiger charge is 2.47. The maximum Gasteiger partial charge on any atom is 0.164 e. The molecule has 0 aliphatic heterocycles. The number of carbonyl (C=O) groups is 1. The van der Waals surface area contributed by atoms with E-state index in [1.165, 1.54) is 0 Å². The summed E-state index contributed by atoms with van der Waals surface area (Å²) in [5.41, 5.74) is -0.455. The Hall–Kier alpha value is 1.33. The van der Waals surface area contributed by atoms with Gasteiger partial charge in [0.05, 0.1) is 9.15 Å². The number of halogens is 4. The van der Waals surface area contributed by atoms with Gasteiger partial charge in [-0.25, -0.2) is 0 Å². The molecule has 0 amide bonds. The molecule has 1 aliphatic rings. The molecular weight excluding hydrogens is 432 g/mol. The fourth-order valence-corrected chi connectivity index (χ4v) is 4.25. The molecular formula is C8H8Br4O. The molecule has 13 heavy (non-hydrogen) atoms. The Morgan fingerprint density at radius 3 is 2.38 bits per heavy atom. The standard InChI is InChI=1S/C8H8Br4O/c1-8(7(11)12)5(13)3-2-4(9)6(8)10/h2-4,6-7H,1H3. The summed E-state index contributed by atoms with van der Waals surface area (Å²) in [4.78, 5) is 12.0. The van der Waals surface area contributed by atoms with Crippen LogP contribution in [-0.2, 0) is 4.79 Å². The molecule has 0 radical (unpaired) electrons. The van der Waals surface area contributed by atoms with Crippen molar-refractivity contribution in [1.82, 2.24) is 0 Å². The van der Waals surface area contributed by atoms with Crippen molar-refractivity contribution in [3.8, 4) is 0 Å². The van der Waals surface area contributed by atoms with Crippen molar-refractivity contribution in [2.75, 3.05) is 0 Å². The van der Waals surface area contributed by atoms with Gasteiger partial charge < -0.3 is 0 Å². The number of alkyl halides is 4. The fourth-order valence-electron chi connectivity index (χ4n) is 1.15. The number of rotatable bonds is 1. The van der Waals surface area contributed by atoms with Crippen LogP contribution in [0.25, 0.3) is 0 Å². The van der Waals surface area contributed by atoms with Gasteiger partial charge in [-0.3, -0.25) is 4.79 Å². The lowest BCUT2D eigenvalue weighted by molar-refractivity contribution is -0.122. The molecule has 3 atom stereocenters. The molecule has 0 bridgehead atoms. The van der Waals surface area contributed by atoms with Gasteiger partial charge in [0.1, 0.15) is 0 Å². The Kier molecular flexibility index (Phi) is 4.25. The zero-order valence-electron chi connectivity index (χ0n) is 6.81. The maximum absolute atomic E-state index is 11.7. The lowest BCUT2D eigenvalue weighted by atomic mass is 9.79. The summed E-state index contributed by atoms with van der Waals surface area (Å²) < 4.78 is -0.0330. The van der Waals surface area contributed by atoms with E-state index < -0.39 is 5.41 Å². The SMILES string of the molecule is CC1(C(Br)Br)C(=O)C=CC(Br)C1Br. The predicted molar refractivity (Wildman–Crippen MR) is 69.3 cm³/mol. The minimum Gasteiger partial charge on any atom is -0.294 e. The number of carbonyl (C=O) groups excluding carboxylic acids is 1. The molecule has 5 heteroatoms. The lowest BCUT2D eigenvalue weighted by Gasteiger charge is -2.38. The third-order valence-corrected chi connectivity index (χ3v) is 7.23. The second-order valence-electron chi connectivity index (χ2n) is 3.15. The van der Waals surface area contributed by atoms with Gasteiger partial charge in [0.25, 0.3) is 0 Å². The first kappa shape index (κ1) is 12.4. The monoisotopic (exact) mass is 436 g/mol. The third-order valence-electron chi connectivity index (χ3n) is 2.27. The minimum absolute atomic E-state index is 0.0330. The van der Waals surface area contributed by atoms with Crippen LogP contribution < -0.4 is 0 Å². The molecule has 0 saturated carbocycles. The van der Waals surface area contributed by atoms with Gasteiger partial charge in [-0.15, -0.1) is 0 Å². The summed E-state index contributed by atoms with van der Waals surface area (Å²) >= 11 is 13.9. The molecule has 1 nitrogen and oxygen atoms in total. The molecule has 3 unspecified atom stereocenters. The Balaban J connectivity index is 3.07. The minimum atomic E-state index is -0.455. The summed E-state index contributed by atoms with van der Waals surface area (Å²) in [6.07, 6.45) is 3.50. The molecule has 0 fully saturated rings. The summed E-state index contributed by atoms with van der Waals surface area (Å²) in [7, 11) is 0. The largest absolute Gasteiger partial charge is 0.294 e. The van der Waals surface area contributed by atoms with Crippen molar-refractivity contribution in [3.63, 3.8) is 0 Å². The van der Waals surface area contributed by atoms with Crippen LogP contribution in [0.1, 0.15) is 6.92 Å². The van der Waals surface area contributed by atoms with Crippen LogP contribution in [0.2, 0.25) is 0 Å². The van der Waals surface area contributed by atoms with E-state index in [4.69, 9.17) is 0 Å².